The van der Waals surface area contributed by atoms with E-state index in [4.69, 9.17) is 17.0 Å². The number of nitrogens with one attached hydrogen (secondary N) is 1. The zero-order valence-electron chi connectivity index (χ0n) is 12.4. The maximum absolute atomic E-state index is 11.8. The molecule has 3 rings (SSSR count). The first-order valence-corrected chi connectivity index (χ1v) is 7.47. The van der Waals surface area contributed by atoms with Gasteiger partial charge in [0.05, 0.1) is 12.8 Å². The Kier molecular flexibility index (Phi) is 4.29. The highest BCUT2D eigenvalue weighted by Gasteiger charge is 2.07. The molecule has 0 radical (unpaired) electrons. The average Bonchev–Trinajstić information content (AvgIpc) is 2.56. The van der Waals surface area contributed by atoms with E-state index in [-0.39, 0.29) is 4.77 Å². The average molecular weight is 326 g/mol. The number of nitrogens with zero attached hydrogens (tertiary/aromatic N) is 3. The standard InChI is InChI=1S/C16H14N4O2S/c1-2-22-14-8-7-11-5-3-4-6-12(11)13(14)9-18-20-15(21)10-17-19-16(20)23/h3-10H,2H2,1H3,(H,19,23)/b18-9-. The molecule has 0 saturated heterocycles. The second-order valence-electron chi connectivity index (χ2n) is 4.70. The van der Waals surface area contributed by atoms with Gasteiger partial charge in [0.2, 0.25) is 4.77 Å². The molecule has 1 N–H and O–H groups in total. The molecule has 0 bridgehead atoms. The zero-order valence-corrected chi connectivity index (χ0v) is 13.2. The highest BCUT2D eigenvalue weighted by molar-refractivity contribution is 7.71. The van der Waals surface area contributed by atoms with Crippen molar-refractivity contribution in [3.05, 3.63) is 63.3 Å². The van der Waals surface area contributed by atoms with E-state index < -0.39 is 5.56 Å². The van der Waals surface area contributed by atoms with Gasteiger partial charge in [0.15, 0.2) is 0 Å². The molecule has 0 aliphatic rings. The van der Waals surface area contributed by atoms with E-state index in [1.165, 1.54) is 0 Å². The van der Waals surface area contributed by atoms with E-state index in [9.17, 15) is 4.79 Å². The molecule has 1 aromatic heterocycles. The van der Waals surface area contributed by atoms with Crippen LogP contribution in [-0.2, 0) is 0 Å². The van der Waals surface area contributed by atoms with Gasteiger partial charge in [0.25, 0.3) is 5.56 Å². The molecule has 1 heterocycles. The molecule has 0 spiro atoms. The van der Waals surface area contributed by atoms with E-state index in [0.717, 1.165) is 27.2 Å². The molecule has 3 aromatic rings. The predicted octanol–water partition coefficient (Wildman–Crippen LogP) is 2.73. The van der Waals surface area contributed by atoms with Crippen molar-refractivity contribution in [3.63, 3.8) is 0 Å². The fourth-order valence-corrected chi connectivity index (χ4v) is 2.45. The summed E-state index contributed by atoms with van der Waals surface area (Å²) in [5, 5.41) is 12.4. The van der Waals surface area contributed by atoms with Crippen LogP contribution in [-0.4, -0.2) is 27.7 Å². The van der Waals surface area contributed by atoms with Crippen LogP contribution in [0, 0.1) is 4.77 Å². The molecular weight excluding hydrogens is 312 g/mol. The highest BCUT2D eigenvalue weighted by atomic mass is 32.1. The molecule has 6 nitrogen and oxygen atoms in total. The molecule has 0 amide bonds. The van der Waals surface area contributed by atoms with Crippen LogP contribution in [0.15, 0.2) is 52.5 Å². The van der Waals surface area contributed by atoms with Gasteiger partial charge >= 0.3 is 0 Å². The van der Waals surface area contributed by atoms with Crippen LogP contribution in [0.25, 0.3) is 10.8 Å². The number of rotatable bonds is 4. The molecule has 23 heavy (non-hydrogen) atoms. The maximum Gasteiger partial charge on any atom is 0.293 e. The van der Waals surface area contributed by atoms with Crippen molar-refractivity contribution in [1.82, 2.24) is 14.9 Å². The number of hydrogen-bond donors (Lipinski definition) is 1. The first kappa shape index (κ1) is 15.1. The van der Waals surface area contributed by atoms with Gasteiger partial charge in [0, 0.05) is 5.56 Å². The Labute approximate surface area is 137 Å². The molecule has 0 fully saturated rings. The lowest BCUT2D eigenvalue weighted by Gasteiger charge is -2.10. The summed E-state index contributed by atoms with van der Waals surface area (Å²) in [7, 11) is 0. The number of fused-ring (bicyclic) bond motifs is 1. The predicted molar refractivity (Wildman–Crippen MR) is 91.8 cm³/mol. The lowest BCUT2D eigenvalue weighted by Crippen LogP contribution is -2.18. The number of H-pyrrole nitrogens is 1. The number of aromatic nitrogens is 3. The minimum Gasteiger partial charge on any atom is -0.493 e. The van der Waals surface area contributed by atoms with E-state index in [1.54, 1.807) is 6.21 Å². The molecule has 0 atom stereocenters. The Morgan fingerprint density at radius 2 is 2.17 bits per heavy atom. The van der Waals surface area contributed by atoms with E-state index in [2.05, 4.69) is 15.3 Å². The zero-order chi connectivity index (χ0) is 16.2. The van der Waals surface area contributed by atoms with Gasteiger partial charge in [0.1, 0.15) is 11.9 Å². The molecule has 0 aliphatic carbocycles. The van der Waals surface area contributed by atoms with Crippen LogP contribution in [0.5, 0.6) is 5.75 Å². The molecule has 7 heteroatoms. The summed E-state index contributed by atoms with van der Waals surface area (Å²) < 4.78 is 6.88. The SMILES string of the molecule is CCOc1ccc2ccccc2c1/C=N\n1c(=O)cn[nH]c1=S. The Morgan fingerprint density at radius 3 is 2.96 bits per heavy atom. The molecule has 0 unspecified atom stereocenters. The van der Waals surface area contributed by atoms with Gasteiger partial charge in [-0.25, -0.2) is 0 Å². The van der Waals surface area contributed by atoms with Crippen molar-refractivity contribution in [2.24, 2.45) is 5.10 Å². The normalized spacial score (nSPS) is 11.2. The van der Waals surface area contributed by atoms with Crippen molar-refractivity contribution in [1.29, 1.82) is 0 Å². The summed E-state index contributed by atoms with van der Waals surface area (Å²) in [4.78, 5) is 11.8. The smallest absolute Gasteiger partial charge is 0.293 e. The summed E-state index contributed by atoms with van der Waals surface area (Å²) in [6.07, 6.45) is 2.71. The van der Waals surface area contributed by atoms with Crippen LogP contribution < -0.4 is 10.3 Å². The van der Waals surface area contributed by atoms with Crippen molar-refractivity contribution >= 4 is 29.2 Å². The summed E-state index contributed by atoms with van der Waals surface area (Å²) in [5.41, 5.74) is 0.395. The third-order valence-corrected chi connectivity index (χ3v) is 3.53. The van der Waals surface area contributed by atoms with Crippen molar-refractivity contribution in [2.75, 3.05) is 6.61 Å². The Balaban J connectivity index is 2.18. The first-order chi connectivity index (χ1) is 11.2. The van der Waals surface area contributed by atoms with Gasteiger partial charge in [-0.1, -0.05) is 30.3 Å². The van der Waals surface area contributed by atoms with E-state index in [0.29, 0.717) is 12.4 Å². The number of aromatic amines is 1. The number of hydrogen-bond acceptors (Lipinski definition) is 5. The summed E-state index contributed by atoms with van der Waals surface area (Å²) in [6, 6.07) is 11.8. The third kappa shape index (κ3) is 3.04. The van der Waals surface area contributed by atoms with Crippen LogP contribution in [0.4, 0.5) is 0 Å². The second kappa shape index (κ2) is 6.53. The van der Waals surface area contributed by atoms with Gasteiger partial charge in [-0.15, -0.1) is 0 Å². The van der Waals surface area contributed by atoms with Gasteiger partial charge in [-0.3, -0.25) is 9.89 Å². The molecule has 0 aliphatic heterocycles. The van der Waals surface area contributed by atoms with Crippen molar-refractivity contribution < 1.29 is 4.74 Å². The highest BCUT2D eigenvalue weighted by Crippen LogP contribution is 2.26. The largest absolute Gasteiger partial charge is 0.493 e. The Morgan fingerprint density at radius 1 is 1.35 bits per heavy atom. The van der Waals surface area contributed by atoms with Gasteiger partial charge in [-0.05, 0) is 36.0 Å². The molecular formula is C16H14N4O2S. The van der Waals surface area contributed by atoms with Crippen LogP contribution >= 0.6 is 12.2 Å². The third-order valence-electron chi connectivity index (χ3n) is 3.27. The lowest BCUT2D eigenvalue weighted by atomic mass is 10.0. The lowest BCUT2D eigenvalue weighted by molar-refractivity contribution is 0.340. The molecule has 2 aromatic carbocycles. The Bertz CT molecular complexity index is 963. The van der Waals surface area contributed by atoms with Crippen molar-refractivity contribution in [3.8, 4) is 5.75 Å². The summed E-state index contributed by atoms with van der Waals surface area (Å²) in [5.74, 6) is 0.701. The summed E-state index contributed by atoms with van der Waals surface area (Å²) in [6.45, 7) is 2.45. The quantitative estimate of drug-likeness (QED) is 0.591. The maximum atomic E-state index is 11.8. The van der Waals surface area contributed by atoms with E-state index in [1.807, 2.05) is 43.3 Å². The number of benzene rings is 2. The van der Waals surface area contributed by atoms with E-state index >= 15 is 0 Å². The fourth-order valence-electron chi connectivity index (χ4n) is 2.26. The molecule has 116 valence electrons. The molecule has 0 saturated carbocycles. The minimum atomic E-state index is -0.400. The van der Waals surface area contributed by atoms with Crippen molar-refractivity contribution in [2.45, 2.75) is 6.92 Å². The van der Waals surface area contributed by atoms with Gasteiger partial charge in [-0.2, -0.15) is 14.9 Å². The van der Waals surface area contributed by atoms with Crippen LogP contribution in [0.3, 0.4) is 0 Å². The Hall–Kier alpha value is -2.80. The van der Waals surface area contributed by atoms with Gasteiger partial charge < -0.3 is 4.74 Å². The number of ether oxygens (including phenoxy) is 1. The fraction of sp³-hybridized carbons (Fsp3) is 0.125. The second-order valence-corrected chi connectivity index (χ2v) is 5.09. The van der Waals surface area contributed by atoms with Crippen LogP contribution in [0.2, 0.25) is 0 Å². The first-order valence-electron chi connectivity index (χ1n) is 7.06. The van der Waals surface area contributed by atoms with Crippen LogP contribution in [0.1, 0.15) is 12.5 Å². The monoisotopic (exact) mass is 326 g/mol. The summed E-state index contributed by atoms with van der Waals surface area (Å²) >= 11 is 5.03. The minimum absolute atomic E-state index is 0.131. The topological polar surface area (TPSA) is 72.3 Å².